The molecular formula is C12H10ClN2PS. The van der Waals surface area contributed by atoms with Crippen LogP contribution in [0.3, 0.4) is 0 Å². The van der Waals surface area contributed by atoms with E-state index in [-0.39, 0.29) is 0 Å². The maximum absolute atomic E-state index is 6.51. The van der Waals surface area contributed by atoms with Gasteiger partial charge < -0.3 is 10.4 Å². The minimum Gasteiger partial charge on any atom is -0.353 e. The van der Waals surface area contributed by atoms with E-state index < -0.39 is 5.54 Å². The molecule has 0 aliphatic carbocycles. The summed E-state index contributed by atoms with van der Waals surface area (Å²) in [7, 11) is 0. The molecule has 3 rings (SSSR count). The minimum absolute atomic E-state index is 0.960. The van der Waals surface area contributed by atoms with Gasteiger partial charge in [0.15, 0.2) is 0 Å². The molecule has 86 valence electrons. The van der Waals surface area contributed by atoms with Gasteiger partial charge in [-0.3, -0.25) is 0 Å². The van der Waals surface area contributed by atoms with E-state index >= 15 is 0 Å². The highest BCUT2D eigenvalue weighted by Gasteiger charge is 2.24. The van der Waals surface area contributed by atoms with E-state index in [4.69, 9.17) is 23.0 Å². The number of nitrogens with one attached hydrogen (secondary N) is 2. The second-order valence-corrected chi connectivity index (χ2v) is 9.37. The molecule has 0 bridgehead atoms. The summed E-state index contributed by atoms with van der Waals surface area (Å²) in [5.41, 5.74) is 0.697. The molecule has 2 N–H and O–H groups in total. The quantitative estimate of drug-likeness (QED) is 0.713. The van der Waals surface area contributed by atoms with Crippen molar-refractivity contribution in [1.82, 2.24) is 0 Å². The second kappa shape index (κ2) is 4.02. The third-order valence-corrected chi connectivity index (χ3v) is 5.88. The highest BCUT2D eigenvalue weighted by Crippen LogP contribution is 2.54. The van der Waals surface area contributed by atoms with Gasteiger partial charge in [-0.15, -0.1) is 0 Å². The maximum Gasteiger partial charge on any atom is 0.149 e. The third kappa shape index (κ3) is 1.95. The van der Waals surface area contributed by atoms with E-state index in [1.54, 1.807) is 0 Å². The van der Waals surface area contributed by atoms with E-state index in [0.717, 1.165) is 22.4 Å². The first kappa shape index (κ1) is 11.1. The van der Waals surface area contributed by atoms with Crippen LogP contribution in [0.2, 0.25) is 0 Å². The van der Waals surface area contributed by atoms with Crippen molar-refractivity contribution < 1.29 is 0 Å². The first-order chi connectivity index (χ1) is 8.17. The van der Waals surface area contributed by atoms with Crippen LogP contribution in [-0.4, -0.2) is 0 Å². The summed E-state index contributed by atoms with van der Waals surface area (Å²) in [6.07, 6.45) is 0. The normalized spacial score (nSPS) is 21.5. The molecule has 2 nitrogen and oxygen atoms in total. The van der Waals surface area contributed by atoms with Crippen LogP contribution < -0.4 is 15.7 Å². The summed E-state index contributed by atoms with van der Waals surface area (Å²) in [6, 6.07) is 15.9. The number of hydrogen-bond donors (Lipinski definition) is 2. The van der Waals surface area contributed by atoms with Gasteiger partial charge in [-0.2, -0.15) is 0 Å². The monoisotopic (exact) mass is 280 g/mol. The number of halogens is 1. The zero-order valence-corrected chi connectivity index (χ0v) is 11.3. The number of benzene rings is 2. The summed E-state index contributed by atoms with van der Waals surface area (Å²) < 4.78 is 0. The Morgan fingerprint density at radius 3 is 2.24 bits per heavy atom. The summed E-state index contributed by atoms with van der Waals surface area (Å²) in [6.45, 7) is 0. The molecule has 0 saturated carbocycles. The molecule has 2 aromatic carbocycles. The standard InChI is InChI=1S/C12H10ClN2PS/c13-16(17)12-8-4-3-7-11(12)14-9-5-1-2-6-10(9)15-16/h1-8,14H,(H,15,17). The molecule has 5 heteroatoms. The van der Waals surface area contributed by atoms with Gasteiger partial charge in [-0.05, 0) is 24.3 Å². The lowest BCUT2D eigenvalue weighted by Crippen LogP contribution is -2.07. The van der Waals surface area contributed by atoms with Crippen molar-refractivity contribution in [2.24, 2.45) is 0 Å². The van der Waals surface area contributed by atoms with E-state index in [1.165, 1.54) is 0 Å². The topological polar surface area (TPSA) is 24.1 Å². The maximum atomic E-state index is 6.51. The molecule has 0 spiro atoms. The Morgan fingerprint density at radius 2 is 1.47 bits per heavy atom. The lowest BCUT2D eigenvalue weighted by atomic mass is 10.2. The summed E-state index contributed by atoms with van der Waals surface area (Å²) in [5.74, 6) is 0. The number of fused-ring (bicyclic) bond motifs is 2. The summed E-state index contributed by atoms with van der Waals surface area (Å²) in [4.78, 5) is 0. The van der Waals surface area contributed by atoms with Gasteiger partial charge in [-0.25, -0.2) is 0 Å². The molecule has 0 saturated heterocycles. The molecule has 0 fully saturated rings. The highest BCUT2D eigenvalue weighted by atomic mass is 35.7. The van der Waals surface area contributed by atoms with Gasteiger partial charge >= 0.3 is 0 Å². The van der Waals surface area contributed by atoms with Gasteiger partial charge in [-0.1, -0.05) is 47.3 Å². The van der Waals surface area contributed by atoms with Gasteiger partial charge in [0.1, 0.15) is 5.54 Å². The molecule has 1 aliphatic rings. The highest BCUT2D eigenvalue weighted by molar-refractivity contribution is 8.31. The van der Waals surface area contributed by atoms with Crippen molar-refractivity contribution >= 4 is 51.0 Å². The average Bonchev–Trinajstić information content (AvgIpc) is 2.42. The molecule has 1 atom stereocenters. The fourth-order valence-corrected chi connectivity index (χ4v) is 4.71. The lowest BCUT2D eigenvalue weighted by Gasteiger charge is -2.16. The van der Waals surface area contributed by atoms with E-state index in [1.807, 2.05) is 48.5 Å². The predicted octanol–water partition coefficient (Wildman–Crippen LogP) is 4.03. The van der Waals surface area contributed by atoms with Gasteiger partial charge in [0.2, 0.25) is 0 Å². The van der Waals surface area contributed by atoms with E-state index in [2.05, 4.69) is 10.4 Å². The molecule has 1 aliphatic heterocycles. The van der Waals surface area contributed by atoms with Crippen LogP contribution in [0.25, 0.3) is 0 Å². The Labute approximate surface area is 110 Å². The lowest BCUT2D eigenvalue weighted by molar-refractivity contribution is 1.58. The summed E-state index contributed by atoms with van der Waals surface area (Å²) in [5, 5.41) is 7.64. The molecule has 0 amide bonds. The second-order valence-electron chi connectivity index (χ2n) is 3.83. The Hall–Kier alpha value is -1.02. The number of anilines is 3. The number of hydrogen-bond acceptors (Lipinski definition) is 2. The van der Waals surface area contributed by atoms with Crippen molar-refractivity contribution in [3.8, 4) is 0 Å². The smallest absolute Gasteiger partial charge is 0.149 e. The van der Waals surface area contributed by atoms with Crippen LogP contribution in [0.15, 0.2) is 48.5 Å². The van der Waals surface area contributed by atoms with Gasteiger partial charge in [0.25, 0.3) is 0 Å². The zero-order valence-electron chi connectivity index (χ0n) is 8.85. The van der Waals surface area contributed by atoms with Crippen LogP contribution in [0, 0.1) is 0 Å². The number of para-hydroxylation sites is 3. The van der Waals surface area contributed by atoms with Gasteiger partial charge in [0.05, 0.1) is 11.4 Å². The largest absolute Gasteiger partial charge is 0.353 e. The molecule has 0 aromatic heterocycles. The molecule has 2 aromatic rings. The Bertz CT molecular complexity index is 629. The molecule has 1 heterocycles. The third-order valence-electron chi connectivity index (χ3n) is 2.67. The van der Waals surface area contributed by atoms with E-state index in [9.17, 15) is 0 Å². The van der Waals surface area contributed by atoms with Crippen LogP contribution >= 0.6 is 16.8 Å². The molecular weight excluding hydrogens is 271 g/mol. The van der Waals surface area contributed by atoms with Crippen molar-refractivity contribution in [1.29, 1.82) is 0 Å². The van der Waals surface area contributed by atoms with Crippen LogP contribution in [0.5, 0.6) is 0 Å². The Kier molecular flexibility index (Phi) is 2.62. The van der Waals surface area contributed by atoms with Crippen LogP contribution in [0.4, 0.5) is 17.1 Å². The van der Waals surface area contributed by atoms with E-state index in [0.29, 0.717) is 0 Å². The number of rotatable bonds is 0. The fraction of sp³-hybridized carbons (Fsp3) is 0. The SMILES string of the molecule is S=P1(Cl)Nc2ccccc2Nc2ccccc21. The van der Waals surface area contributed by atoms with Crippen LogP contribution in [-0.2, 0) is 11.8 Å². The molecule has 17 heavy (non-hydrogen) atoms. The first-order valence-corrected chi connectivity index (χ1v) is 8.91. The fourth-order valence-electron chi connectivity index (χ4n) is 1.88. The Morgan fingerprint density at radius 1 is 0.882 bits per heavy atom. The molecule has 1 unspecified atom stereocenters. The van der Waals surface area contributed by atoms with Crippen LogP contribution in [0.1, 0.15) is 0 Å². The summed E-state index contributed by atoms with van der Waals surface area (Å²) >= 11 is 12.0. The van der Waals surface area contributed by atoms with Crippen molar-refractivity contribution in [3.05, 3.63) is 48.5 Å². The van der Waals surface area contributed by atoms with Crippen molar-refractivity contribution in [2.75, 3.05) is 10.4 Å². The minimum atomic E-state index is -2.26. The predicted molar refractivity (Wildman–Crippen MR) is 79.6 cm³/mol. The van der Waals surface area contributed by atoms with Crippen molar-refractivity contribution in [3.63, 3.8) is 0 Å². The zero-order chi connectivity index (χ0) is 11.9. The first-order valence-electron chi connectivity index (χ1n) is 5.20. The average molecular weight is 281 g/mol. The van der Waals surface area contributed by atoms with Crippen molar-refractivity contribution in [2.45, 2.75) is 0 Å². The van der Waals surface area contributed by atoms with Gasteiger partial charge in [0, 0.05) is 11.0 Å². The molecule has 0 radical (unpaired) electrons. The Balaban J connectivity index is 2.25.